The molecule has 0 unspecified atom stereocenters. The van der Waals surface area contributed by atoms with Gasteiger partial charge in [-0.05, 0) is 37.5 Å². The summed E-state index contributed by atoms with van der Waals surface area (Å²) in [7, 11) is 0. The first-order valence-electron chi connectivity index (χ1n) is 9.21. The van der Waals surface area contributed by atoms with Crippen molar-refractivity contribution in [3.05, 3.63) is 12.2 Å². The summed E-state index contributed by atoms with van der Waals surface area (Å²) >= 11 is 0. The van der Waals surface area contributed by atoms with E-state index in [1.165, 1.54) is 0 Å². The molecule has 8 heteroatoms. The summed E-state index contributed by atoms with van der Waals surface area (Å²) in [5, 5.41) is 48.3. The van der Waals surface area contributed by atoms with Crippen molar-refractivity contribution in [2.45, 2.75) is 75.8 Å². The first kappa shape index (κ1) is 21.3. The van der Waals surface area contributed by atoms with E-state index >= 15 is 0 Å². The number of aliphatic hydroxyl groups is 4. The van der Waals surface area contributed by atoms with Gasteiger partial charge in [0.25, 0.3) is 0 Å². The molecule has 0 aromatic heterocycles. The zero-order valence-corrected chi connectivity index (χ0v) is 15.0. The van der Waals surface area contributed by atoms with Gasteiger partial charge in [0.1, 0.15) is 24.4 Å². The Balaban J connectivity index is 2.07. The molecule has 2 rings (SSSR count). The van der Waals surface area contributed by atoms with Gasteiger partial charge in [0.05, 0.1) is 12.7 Å². The highest BCUT2D eigenvalue weighted by atomic mass is 16.7. The lowest BCUT2D eigenvalue weighted by Gasteiger charge is -2.41. The predicted octanol–water partition coefficient (Wildman–Crippen LogP) is 0.0287. The number of carboxylic acid groups (broad SMARTS) is 1. The van der Waals surface area contributed by atoms with E-state index in [1.807, 2.05) is 19.1 Å². The SMILES string of the molecule is CC/C=C\C[C@H]1[C@@H](CC(=O)O)CC[C@@H]1O[C@H]1O[C@@H](CO)[C@@H](O)[C@@H](O)[C@H]1O. The lowest BCUT2D eigenvalue weighted by Crippen LogP contribution is -2.59. The Kier molecular flexibility index (Phi) is 8.00. The van der Waals surface area contributed by atoms with E-state index in [9.17, 15) is 25.2 Å². The van der Waals surface area contributed by atoms with Crippen LogP contribution < -0.4 is 0 Å². The molecule has 1 saturated carbocycles. The first-order chi connectivity index (χ1) is 12.4. The third-order valence-electron chi connectivity index (χ3n) is 5.31. The Morgan fingerprint density at radius 3 is 2.50 bits per heavy atom. The van der Waals surface area contributed by atoms with Crippen LogP contribution in [0.2, 0.25) is 0 Å². The van der Waals surface area contributed by atoms with Crippen LogP contribution in [0.1, 0.15) is 39.0 Å². The molecule has 1 aliphatic heterocycles. The summed E-state index contributed by atoms with van der Waals surface area (Å²) in [5.41, 5.74) is 0. The number of ether oxygens (including phenoxy) is 2. The number of hydrogen-bond acceptors (Lipinski definition) is 7. The van der Waals surface area contributed by atoms with E-state index in [2.05, 4.69) is 0 Å². The third kappa shape index (κ3) is 5.03. The molecule has 0 aromatic rings. The molecule has 0 amide bonds. The third-order valence-corrected chi connectivity index (χ3v) is 5.31. The van der Waals surface area contributed by atoms with Gasteiger partial charge >= 0.3 is 5.97 Å². The van der Waals surface area contributed by atoms with E-state index in [-0.39, 0.29) is 24.4 Å². The summed E-state index contributed by atoms with van der Waals surface area (Å²) in [5.74, 6) is -0.932. The molecular weight excluding hydrogens is 344 g/mol. The monoisotopic (exact) mass is 374 g/mol. The lowest BCUT2D eigenvalue weighted by atomic mass is 9.88. The molecule has 1 aliphatic carbocycles. The number of rotatable bonds is 8. The Morgan fingerprint density at radius 2 is 1.88 bits per heavy atom. The van der Waals surface area contributed by atoms with Crippen molar-refractivity contribution in [2.24, 2.45) is 11.8 Å². The summed E-state index contributed by atoms with van der Waals surface area (Å²) in [6.07, 6.45) is 0.0423. The van der Waals surface area contributed by atoms with Crippen LogP contribution >= 0.6 is 0 Å². The van der Waals surface area contributed by atoms with E-state index in [1.54, 1.807) is 0 Å². The van der Waals surface area contributed by atoms with Gasteiger partial charge in [-0.3, -0.25) is 4.79 Å². The number of aliphatic hydroxyl groups excluding tert-OH is 4. The smallest absolute Gasteiger partial charge is 0.303 e. The number of allylic oxidation sites excluding steroid dienone is 2. The average molecular weight is 374 g/mol. The molecular formula is C18H30O8. The van der Waals surface area contributed by atoms with Crippen LogP contribution in [0, 0.1) is 11.8 Å². The standard InChI is InChI=1S/C18H30O8/c1-2-3-4-5-11-10(8-14(20)21)6-7-12(11)25-18-17(24)16(23)15(22)13(9-19)26-18/h3-4,10-13,15-19,22-24H,2,5-9H2,1H3,(H,20,21)/b4-3-/t10-,11+,12+,13+,15-,16-,17-,18+/m1/s1. The van der Waals surface area contributed by atoms with Crippen molar-refractivity contribution in [3.8, 4) is 0 Å². The van der Waals surface area contributed by atoms with Gasteiger partial charge < -0.3 is 35.0 Å². The maximum atomic E-state index is 11.1. The number of carboxylic acids is 1. The van der Waals surface area contributed by atoms with Crippen LogP contribution in [0.5, 0.6) is 0 Å². The normalized spacial score (nSPS) is 41.0. The van der Waals surface area contributed by atoms with Crippen LogP contribution in [0.15, 0.2) is 12.2 Å². The summed E-state index contributed by atoms with van der Waals surface area (Å²) < 4.78 is 11.3. The summed E-state index contributed by atoms with van der Waals surface area (Å²) in [4.78, 5) is 11.1. The Morgan fingerprint density at radius 1 is 1.15 bits per heavy atom. The van der Waals surface area contributed by atoms with E-state index in [0.717, 1.165) is 6.42 Å². The van der Waals surface area contributed by atoms with E-state index in [4.69, 9.17) is 14.6 Å². The van der Waals surface area contributed by atoms with Gasteiger partial charge in [0.2, 0.25) is 0 Å². The van der Waals surface area contributed by atoms with Crippen LogP contribution in [0.25, 0.3) is 0 Å². The quantitative estimate of drug-likeness (QED) is 0.375. The fourth-order valence-electron chi connectivity index (χ4n) is 3.87. The number of aliphatic carboxylic acids is 1. The minimum atomic E-state index is -1.49. The maximum Gasteiger partial charge on any atom is 0.303 e. The van der Waals surface area contributed by atoms with Crippen LogP contribution in [-0.2, 0) is 14.3 Å². The van der Waals surface area contributed by atoms with Crippen molar-refractivity contribution in [1.29, 1.82) is 0 Å². The number of carbonyl (C=O) groups is 1. The Bertz CT molecular complexity index is 480. The molecule has 1 saturated heterocycles. The maximum absolute atomic E-state index is 11.1. The van der Waals surface area contributed by atoms with Crippen molar-refractivity contribution in [2.75, 3.05) is 6.61 Å². The molecule has 0 bridgehead atoms. The van der Waals surface area contributed by atoms with Gasteiger partial charge in [0.15, 0.2) is 6.29 Å². The van der Waals surface area contributed by atoms with Crippen molar-refractivity contribution >= 4 is 5.97 Å². The van der Waals surface area contributed by atoms with E-state index < -0.39 is 43.3 Å². The van der Waals surface area contributed by atoms with Crippen LogP contribution in [-0.4, -0.2) is 74.9 Å². The van der Waals surface area contributed by atoms with Gasteiger partial charge in [-0.2, -0.15) is 0 Å². The van der Waals surface area contributed by atoms with Crippen molar-refractivity contribution in [1.82, 2.24) is 0 Å². The van der Waals surface area contributed by atoms with Crippen LogP contribution in [0.3, 0.4) is 0 Å². The fourth-order valence-corrected chi connectivity index (χ4v) is 3.87. The lowest BCUT2D eigenvalue weighted by molar-refractivity contribution is -0.313. The summed E-state index contributed by atoms with van der Waals surface area (Å²) in [6.45, 7) is 1.50. The van der Waals surface area contributed by atoms with Crippen molar-refractivity contribution < 1.29 is 39.8 Å². The van der Waals surface area contributed by atoms with Gasteiger partial charge in [0, 0.05) is 6.42 Å². The fraction of sp³-hybridized carbons (Fsp3) is 0.833. The molecule has 0 radical (unpaired) electrons. The molecule has 0 aromatic carbocycles. The molecule has 5 N–H and O–H groups in total. The topological polar surface area (TPSA) is 137 Å². The minimum Gasteiger partial charge on any atom is -0.481 e. The molecule has 2 fully saturated rings. The highest BCUT2D eigenvalue weighted by molar-refractivity contribution is 5.67. The zero-order chi connectivity index (χ0) is 19.3. The molecule has 1 heterocycles. The molecule has 8 nitrogen and oxygen atoms in total. The predicted molar refractivity (Wildman–Crippen MR) is 91.2 cm³/mol. The Labute approximate surface area is 153 Å². The zero-order valence-electron chi connectivity index (χ0n) is 15.0. The molecule has 0 spiro atoms. The molecule has 26 heavy (non-hydrogen) atoms. The first-order valence-corrected chi connectivity index (χ1v) is 9.21. The van der Waals surface area contributed by atoms with Gasteiger partial charge in [-0.1, -0.05) is 19.1 Å². The molecule has 8 atom stereocenters. The van der Waals surface area contributed by atoms with E-state index in [0.29, 0.717) is 19.3 Å². The van der Waals surface area contributed by atoms with Gasteiger partial charge in [-0.25, -0.2) is 0 Å². The minimum absolute atomic E-state index is 0.0381. The summed E-state index contributed by atoms with van der Waals surface area (Å²) in [6, 6.07) is 0. The largest absolute Gasteiger partial charge is 0.481 e. The van der Waals surface area contributed by atoms with Gasteiger partial charge in [-0.15, -0.1) is 0 Å². The highest BCUT2D eigenvalue weighted by Gasteiger charge is 2.47. The molecule has 2 aliphatic rings. The Hall–Kier alpha value is -1.03. The average Bonchev–Trinajstić information content (AvgIpc) is 2.96. The highest BCUT2D eigenvalue weighted by Crippen LogP contribution is 2.40. The second-order valence-corrected chi connectivity index (χ2v) is 7.09. The number of hydrogen-bond donors (Lipinski definition) is 5. The van der Waals surface area contributed by atoms with Crippen LogP contribution in [0.4, 0.5) is 0 Å². The van der Waals surface area contributed by atoms with Crippen molar-refractivity contribution in [3.63, 3.8) is 0 Å². The second kappa shape index (κ2) is 9.77. The molecule has 150 valence electrons. The second-order valence-electron chi connectivity index (χ2n) is 7.09.